The Labute approximate surface area is 105 Å². The van der Waals surface area contributed by atoms with Crippen molar-refractivity contribution in [1.29, 1.82) is 0 Å². The van der Waals surface area contributed by atoms with Crippen LogP contribution in [0.1, 0.15) is 32.3 Å². The Morgan fingerprint density at radius 2 is 1.65 bits per heavy atom. The van der Waals surface area contributed by atoms with Gasteiger partial charge in [-0.25, -0.2) is 0 Å². The average Bonchev–Trinajstić information content (AvgIpc) is 2.39. The second kappa shape index (κ2) is 6.18. The van der Waals surface area contributed by atoms with Crippen LogP contribution >= 0.6 is 0 Å². The summed E-state index contributed by atoms with van der Waals surface area (Å²) in [4.78, 5) is 2.53. The lowest BCUT2D eigenvalue weighted by Gasteiger charge is -2.37. The topological polar surface area (TPSA) is 12.5 Å². The second-order valence-corrected chi connectivity index (χ2v) is 4.88. The second-order valence-electron chi connectivity index (χ2n) is 4.88. The summed E-state index contributed by atoms with van der Waals surface area (Å²) in [5.74, 6) is 0. The molecule has 2 atom stereocenters. The van der Waals surface area contributed by atoms with Crippen LogP contribution in [-0.4, -0.2) is 30.2 Å². The minimum Gasteiger partial charge on any atom is -0.372 e. The van der Waals surface area contributed by atoms with Crippen LogP contribution in [0.15, 0.2) is 30.3 Å². The Kier molecular flexibility index (Phi) is 4.57. The minimum atomic E-state index is 0.414. The number of rotatable bonds is 4. The monoisotopic (exact) mass is 233 g/mol. The normalized spacial score (nSPS) is 26.0. The van der Waals surface area contributed by atoms with Crippen LogP contribution in [0.4, 0.5) is 0 Å². The summed E-state index contributed by atoms with van der Waals surface area (Å²) in [6, 6.07) is 10.7. The first-order chi connectivity index (χ1) is 8.31. The van der Waals surface area contributed by atoms with Gasteiger partial charge < -0.3 is 4.74 Å². The lowest BCUT2D eigenvalue weighted by molar-refractivity contribution is -0.0892. The predicted octanol–water partition coefficient (Wildman–Crippen LogP) is 3.08. The van der Waals surface area contributed by atoms with E-state index >= 15 is 0 Å². The van der Waals surface area contributed by atoms with E-state index in [2.05, 4.69) is 49.1 Å². The van der Waals surface area contributed by atoms with Crippen LogP contribution in [0, 0.1) is 0 Å². The van der Waals surface area contributed by atoms with Crippen LogP contribution in [-0.2, 0) is 11.3 Å². The Balaban J connectivity index is 1.95. The van der Waals surface area contributed by atoms with Crippen molar-refractivity contribution < 1.29 is 4.74 Å². The first kappa shape index (κ1) is 12.6. The van der Waals surface area contributed by atoms with Crippen molar-refractivity contribution in [3.05, 3.63) is 35.9 Å². The minimum absolute atomic E-state index is 0.414. The summed E-state index contributed by atoms with van der Waals surface area (Å²) in [6.45, 7) is 7.62. The van der Waals surface area contributed by atoms with Gasteiger partial charge in [0.1, 0.15) is 0 Å². The van der Waals surface area contributed by atoms with Gasteiger partial charge in [-0.1, -0.05) is 44.2 Å². The molecule has 1 aliphatic heterocycles. The van der Waals surface area contributed by atoms with E-state index < -0.39 is 0 Å². The molecule has 2 rings (SSSR count). The number of benzene rings is 1. The largest absolute Gasteiger partial charge is 0.372 e. The number of nitrogens with zero attached hydrogens (tertiary/aromatic N) is 1. The van der Waals surface area contributed by atoms with Gasteiger partial charge in [0.05, 0.1) is 12.2 Å². The number of ether oxygens (including phenoxy) is 1. The fraction of sp³-hybridized carbons (Fsp3) is 0.600. The molecule has 0 saturated carbocycles. The molecule has 0 aromatic heterocycles. The number of morpholine rings is 1. The van der Waals surface area contributed by atoms with Crippen LogP contribution in [0.3, 0.4) is 0 Å². The van der Waals surface area contributed by atoms with Crippen LogP contribution in [0.2, 0.25) is 0 Å². The third-order valence-corrected chi connectivity index (χ3v) is 3.47. The van der Waals surface area contributed by atoms with Gasteiger partial charge in [-0.15, -0.1) is 0 Å². The molecule has 1 fully saturated rings. The molecule has 0 spiro atoms. The molecule has 0 unspecified atom stereocenters. The Hall–Kier alpha value is -0.860. The third-order valence-electron chi connectivity index (χ3n) is 3.47. The first-order valence-corrected chi connectivity index (χ1v) is 6.73. The van der Waals surface area contributed by atoms with Gasteiger partial charge in [-0.05, 0) is 18.4 Å². The molecule has 1 aliphatic rings. The number of hydrogen-bond acceptors (Lipinski definition) is 2. The van der Waals surface area contributed by atoms with Crippen molar-refractivity contribution in [2.24, 2.45) is 0 Å². The highest BCUT2D eigenvalue weighted by Crippen LogP contribution is 2.18. The van der Waals surface area contributed by atoms with Crippen molar-refractivity contribution in [2.45, 2.75) is 45.4 Å². The van der Waals surface area contributed by atoms with Gasteiger partial charge >= 0.3 is 0 Å². The van der Waals surface area contributed by atoms with Gasteiger partial charge in [0, 0.05) is 19.6 Å². The molecule has 1 heterocycles. The highest BCUT2D eigenvalue weighted by atomic mass is 16.5. The van der Waals surface area contributed by atoms with E-state index in [1.165, 1.54) is 5.56 Å². The molecule has 17 heavy (non-hydrogen) atoms. The van der Waals surface area contributed by atoms with Crippen molar-refractivity contribution >= 4 is 0 Å². The Bertz CT molecular complexity index is 313. The first-order valence-electron chi connectivity index (χ1n) is 6.73. The molecule has 1 aromatic carbocycles. The smallest absolute Gasteiger partial charge is 0.0703 e. The van der Waals surface area contributed by atoms with Crippen molar-refractivity contribution in [2.75, 3.05) is 13.1 Å². The van der Waals surface area contributed by atoms with E-state index in [9.17, 15) is 0 Å². The zero-order valence-corrected chi connectivity index (χ0v) is 10.9. The van der Waals surface area contributed by atoms with Gasteiger partial charge in [-0.3, -0.25) is 4.90 Å². The highest BCUT2D eigenvalue weighted by molar-refractivity contribution is 5.14. The zero-order valence-electron chi connectivity index (χ0n) is 10.9. The molecule has 2 heteroatoms. The molecular formula is C15H23NO. The van der Waals surface area contributed by atoms with Crippen molar-refractivity contribution in [3.8, 4) is 0 Å². The summed E-state index contributed by atoms with van der Waals surface area (Å²) in [7, 11) is 0. The summed E-state index contributed by atoms with van der Waals surface area (Å²) in [5, 5.41) is 0. The molecule has 0 bridgehead atoms. The zero-order chi connectivity index (χ0) is 12.1. The maximum atomic E-state index is 6.01. The predicted molar refractivity (Wildman–Crippen MR) is 71.0 cm³/mol. The molecule has 0 amide bonds. The van der Waals surface area contributed by atoms with E-state index in [1.54, 1.807) is 0 Å². The Morgan fingerprint density at radius 1 is 1.06 bits per heavy atom. The lowest BCUT2D eigenvalue weighted by Crippen LogP contribution is -2.46. The van der Waals surface area contributed by atoms with Crippen LogP contribution in [0.25, 0.3) is 0 Å². The Morgan fingerprint density at radius 3 is 2.18 bits per heavy atom. The van der Waals surface area contributed by atoms with E-state index in [1.807, 2.05) is 0 Å². The van der Waals surface area contributed by atoms with Gasteiger partial charge in [0.25, 0.3) is 0 Å². The molecule has 2 nitrogen and oxygen atoms in total. The quantitative estimate of drug-likeness (QED) is 0.792. The maximum Gasteiger partial charge on any atom is 0.0703 e. The molecule has 0 radical (unpaired) electrons. The van der Waals surface area contributed by atoms with Gasteiger partial charge in [0.15, 0.2) is 0 Å². The number of hydrogen-bond donors (Lipinski definition) is 0. The van der Waals surface area contributed by atoms with Crippen LogP contribution in [0.5, 0.6) is 0 Å². The average molecular weight is 233 g/mol. The molecule has 1 aromatic rings. The SMILES string of the molecule is CC[C@@H]1CN(Cc2ccccc2)C[C@H](CC)O1. The van der Waals surface area contributed by atoms with E-state index in [0.29, 0.717) is 12.2 Å². The molecular weight excluding hydrogens is 210 g/mol. The molecule has 1 saturated heterocycles. The van der Waals surface area contributed by atoms with Crippen molar-refractivity contribution in [3.63, 3.8) is 0 Å². The lowest BCUT2D eigenvalue weighted by atomic mass is 10.1. The van der Waals surface area contributed by atoms with Gasteiger partial charge in [0.2, 0.25) is 0 Å². The van der Waals surface area contributed by atoms with E-state index in [-0.39, 0.29) is 0 Å². The standard InChI is InChI=1S/C15H23NO/c1-3-14-11-16(12-15(4-2)17-14)10-13-8-6-5-7-9-13/h5-9,14-15H,3-4,10-12H2,1-2H3/t14-,15+. The summed E-state index contributed by atoms with van der Waals surface area (Å²) < 4.78 is 6.01. The molecule has 0 N–H and O–H groups in total. The molecule has 0 aliphatic carbocycles. The summed E-state index contributed by atoms with van der Waals surface area (Å²) in [5.41, 5.74) is 1.40. The van der Waals surface area contributed by atoms with E-state index in [4.69, 9.17) is 4.74 Å². The van der Waals surface area contributed by atoms with E-state index in [0.717, 1.165) is 32.5 Å². The fourth-order valence-corrected chi connectivity index (χ4v) is 2.43. The fourth-order valence-electron chi connectivity index (χ4n) is 2.43. The highest BCUT2D eigenvalue weighted by Gasteiger charge is 2.25. The maximum absolute atomic E-state index is 6.01. The molecule has 94 valence electrons. The third kappa shape index (κ3) is 3.55. The summed E-state index contributed by atoms with van der Waals surface area (Å²) >= 11 is 0. The summed E-state index contributed by atoms with van der Waals surface area (Å²) in [6.07, 6.45) is 3.05. The van der Waals surface area contributed by atoms with Gasteiger partial charge in [-0.2, -0.15) is 0 Å². The van der Waals surface area contributed by atoms with Crippen LogP contribution < -0.4 is 0 Å². The van der Waals surface area contributed by atoms with Crippen molar-refractivity contribution in [1.82, 2.24) is 4.90 Å².